The van der Waals surface area contributed by atoms with E-state index in [4.69, 9.17) is 4.74 Å². The van der Waals surface area contributed by atoms with Crippen molar-refractivity contribution < 1.29 is 14.3 Å². The molecule has 1 unspecified atom stereocenters. The van der Waals surface area contributed by atoms with Crippen molar-refractivity contribution >= 4 is 33.4 Å². The standard InChI is InChI=1S/C14H20BrN3O3/c1-10(14(20)16-7-8-21-2)17-9-13(19)18-12-5-3-11(15)4-6-12/h3-6,10,17H,7-9H2,1-2H3,(H,16,20)(H,18,19). The summed E-state index contributed by atoms with van der Waals surface area (Å²) in [5.41, 5.74) is 0.710. The van der Waals surface area contributed by atoms with Gasteiger partial charge in [-0.25, -0.2) is 0 Å². The smallest absolute Gasteiger partial charge is 0.238 e. The second-order valence-corrected chi connectivity index (χ2v) is 5.36. The van der Waals surface area contributed by atoms with Crippen molar-refractivity contribution in [3.8, 4) is 0 Å². The summed E-state index contributed by atoms with van der Waals surface area (Å²) in [4.78, 5) is 23.4. The fraction of sp³-hybridized carbons (Fsp3) is 0.429. The molecule has 0 spiro atoms. The number of anilines is 1. The summed E-state index contributed by atoms with van der Waals surface area (Å²) in [5.74, 6) is -0.364. The second kappa shape index (κ2) is 9.49. The number of hydrogen-bond donors (Lipinski definition) is 3. The maximum atomic E-state index is 11.7. The van der Waals surface area contributed by atoms with Crippen molar-refractivity contribution in [2.45, 2.75) is 13.0 Å². The van der Waals surface area contributed by atoms with Gasteiger partial charge in [0.1, 0.15) is 0 Å². The Hall–Kier alpha value is -1.44. The molecular weight excluding hydrogens is 338 g/mol. The van der Waals surface area contributed by atoms with Gasteiger partial charge < -0.3 is 15.4 Å². The quantitative estimate of drug-likeness (QED) is 0.609. The minimum atomic E-state index is -0.447. The molecule has 1 aromatic carbocycles. The zero-order valence-corrected chi connectivity index (χ0v) is 13.7. The highest BCUT2D eigenvalue weighted by molar-refractivity contribution is 9.10. The Kier molecular flexibility index (Phi) is 7.96. The van der Waals surface area contributed by atoms with Gasteiger partial charge >= 0.3 is 0 Å². The molecule has 7 heteroatoms. The molecule has 0 saturated heterocycles. The number of hydrogen-bond acceptors (Lipinski definition) is 4. The first-order valence-electron chi connectivity index (χ1n) is 6.58. The van der Waals surface area contributed by atoms with Crippen molar-refractivity contribution in [3.63, 3.8) is 0 Å². The molecule has 0 bridgehead atoms. The number of ether oxygens (including phenoxy) is 1. The summed E-state index contributed by atoms with van der Waals surface area (Å²) >= 11 is 3.32. The van der Waals surface area contributed by atoms with E-state index in [1.54, 1.807) is 26.2 Å². The number of benzene rings is 1. The predicted molar refractivity (Wildman–Crippen MR) is 85.1 cm³/mol. The molecule has 3 N–H and O–H groups in total. The SMILES string of the molecule is COCCNC(=O)C(C)NCC(=O)Nc1ccc(Br)cc1. The Balaban J connectivity index is 2.28. The molecule has 0 saturated carbocycles. The van der Waals surface area contributed by atoms with Crippen molar-refractivity contribution in [2.24, 2.45) is 0 Å². The third-order valence-corrected chi connectivity index (χ3v) is 3.22. The van der Waals surface area contributed by atoms with E-state index < -0.39 is 6.04 Å². The van der Waals surface area contributed by atoms with Gasteiger partial charge in [-0.2, -0.15) is 0 Å². The van der Waals surface area contributed by atoms with Gasteiger partial charge in [0, 0.05) is 23.8 Å². The molecule has 0 aromatic heterocycles. The van der Waals surface area contributed by atoms with Crippen LogP contribution < -0.4 is 16.0 Å². The molecule has 0 radical (unpaired) electrons. The molecule has 1 rings (SSSR count). The highest BCUT2D eigenvalue weighted by atomic mass is 79.9. The Morgan fingerprint density at radius 3 is 2.57 bits per heavy atom. The fourth-order valence-corrected chi connectivity index (χ4v) is 1.77. The van der Waals surface area contributed by atoms with Crippen LogP contribution in [0.4, 0.5) is 5.69 Å². The normalized spacial score (nSPS) is 11.8. The topological polar surface area (TPSA) is 79.5 Å². The first kappa shape index (κ1) is 17.6. The van der Waals surface area contributed by atoms with E-state index >= 15 is 0 Å². The van der Waals surface area contributed by atoms with Gasteiger partial charge in [0.25, 0.3) is 0 Å². The summed E-state index contributed by atoms with van der Waals surface area (Å²) in [5, 5.41) is 8.31. The van der Waals surface area contributed by atoms with E-state index in [2.05, 4.69) is 31.9 Å². The number of nitrogens with one attached hydrogen (secondary N) is 3. The molecule has 6 nitrogen and oxygen atoms in total. The molecule has 2 amide bonds. The lowest BCUT2D eigenvalue weighted by Crippen LogP contribution is -2.45. The maximum Gasteiger partial charge on any atom is 0.238 e. The third kappa shape index (κ3) is 7.22. The largest absolute Gasteiger partial charge is 0.383 e. The highest BCUT2D eigenvalue weighted by Crippen LogP contribution is 2.13. The van der Waals surface area contributed by atoms with Crippen molar-refractivity contribution in [1.29, 1.82) is 0 Å². The number of amides is 2. The van der Waals surface area contributed by atoms with Crippen molar-refractivity contribution in [2.75, 3.05) is 32.1 Å². The molecule has 0 aliphatic rings. The van der Waals surface area contributed by atoms with E-state index in [1.807, 2.05) is 12.1 Å². The first-order chi connectivity index (χ1) is 10.0. The molecule has 0 heterocycles. The second-order valence-electron chi connectivity index (χ2n) is 4.44. The first-order valence-corrected chi connectivity index (χ1v) is 7.37. The zero-order valence-electron chi connectivity index (χ0n) is 12.1. The zero-order chi connectivity index (χ0) is 15.7. The van der Waals surface area contributed by atoms with Crippen LogP contribution in [0.15, 0.2) is 28.7 Å². The van der Waals surface area contributed by atoms with Crippen molar-refractivity contribution in [1.82, 2.24) is 10.6 Å². The Morgan fingerprint density at radius 2 is 1.95 bits per heavy atom. The number of carbonyl (C=O) groups excluding carboxylic acids is 2. The van der Waals surface area contributed by atoms with Crippen LogP contribution in [0.2, 0.25) is 0 Å². The summed E-state index contributed by atoms with van der Waals surface area (Å²) < 4.78 is 5.79. The van der Waals surface area contributed by atoms with E-state index in [0.29, 0.717) is 18.8 Å². The third-order valence-electron chi connectivity index (χ3n) is 2.70. The lowest BCUT2D eigenvalue weighted by molar-refractivity contribution is -0.123. The molecular formula is C14H20BrN3O3. The van der Waals surface area contributed by atoms with Crippen LogP contribution in [-0.4, -0.2) is 44.7 Å². The van der Waals surface area contributed by atoms with Gasteiger partial charge in [0.15, 0.2) is 0 Å². The summed E-state index contributed by atoms with van der Waals surface area (Å²) in [7, 11) is 1.57. The number of rotatable bonds is 8. The average Bonchev–Trinajstić information content (AvgIpc) is 2.47. The van der Waals surface area contributed by atoms with E-state index in [1.165, 1.54) is 0 Å². The minimum absolute atomic E-state index is 0.0644. The van der Waals surface area contributed by atoms with Gasteiger partial charge in [-0.1, -0.05) is 15.9 Å². The molecule has 1 aromatic rings. The molecule has 0 fully saturated rings. The number of carbonyl (C=O) groups is 2. The highest BCUT2D eigenvalue weighted by Gasteiger charge is 2.13. The molecule has 0 aliphatic carbocycles. The van der Waals surface area contributed by atoms with Crippen LogP contribution in [0.3, 0.4) is 0 Å². The number of halogens is 1. The summed E-state index contributed by atoms with van der Waals surface area (Å²) in [6, 6.07) is 6.83. The van der Waals surface area contributed by atoms with E-state index in [-0.39, 0.29) is 18.4 Å². The van der Waals surface area contributed by atoms with Gasteiger partial charge in [0.05, 0.1) is 19.2 Å². The van der Waals surface area contributed by atoms with Crippen molar-refractivity contribution in [3.05, 3.63) is 28.7 Å². The summed E-state index contributed by atoms with van der Waals surface area (Å²) in [6.45, 7) is 2.68. The Morgan fingerprint density at radius 1 is 1.29 bits per heavy atom. The predicted octanol–water partition coefficient (Wildman–Crippen LogP) is 1.13. The van der Waals surface area contributed by atoms with Gasteiger partial charge in [0.2, 0.25) is 11.8 Å². The van der Waals surface area contributed by atoms with Crippen LogP contribution in [0, 0.1) is 0 Å². The van der Waals surface area contributed by atoms with Crippen LogP contribution >= 0.6 is 15.9 Å². The van der Waals surface area contributed by atoms with Gasteiger partial charge in [-0.3, -0.25) is 14.9 Å². The van der Waals surface area contributed by atoms with Crippen LogP contribution in [0.1, 0.15) is 6.92 Å². The van der Waals surface area contributed by atoms with Crippen LogP contribution in [0.25, 0.3) is 0 Å². The fourth-order valence-electron chi connectivity index (χ4n) is 1.51. The lowest BCUT2D eigenvalue weighted by atomic mass is 10.3. The average molecular weight is 358 g/mol. The lowest BCUT2D eigenvalue weighted by Gasteiger charge is -2.13. The van der Waals surface area contributed by atoms with Crippen LogP contribution in [-0.2, 0) is 14.3 Å². The minimum Gasteiger partial charge on any atom is -0.383 e. The van der Waals surface area contributed by atoms with Gasteiger partial charge in [-0.15, -0.1) is 0 Å². The molecule has 1 atom stereocenters. The molecule has 116 valence electrons. The van der Waals surface area contributed by atoms with E-state index in [0.717, 1.165) is 4.47 Å². The summed E-state index contributed by atoms with van der Waals surface area (Å²) in [6.07, 6.45) is 0. The molecule has 21 heavy (non-hydrogen) atoms. The number of methoxy groups -OCH3 is 1. The monoisotopic (exact) mass is 357 g/mol. The maximum absolute atomic E-state index is 11.7. The Bertz CT molecular complexity index is 465. The van der Waals surface area contributed by atoms with Gasteiger partial charge in [-0.05, 0) is 31.2 Å². The molecule has 0 aliphatic heterocycles. The Labute approximate surface area is 132 Å². The van der Waals surface area contributed by atoms with Crippen LogP contribution in [0.5, 0.6) is 0 Å². The van der Waals surface area contributed by atoms with E-state index in [9.17, 15) is 9.59 Å².